The fraction of sp³-hybridized carbons (Fsp3) is 0.500. The molecule has 0 radical (unpaired) electrons. The second-order valence-electron chi connectivity index (χ2n) is 5.08. The quantitative estimate of drug-likeness (QED) is 0.870. The summed E-state index contributed by atoms with van der Waals surface area (Å²) in [6, 6.07) is 5.80. The van der Waals surface area contributed by atoms with Crippen LogP contribution in [0.25, 0.3) is 0 Å². The number of likely N-dealkylation sites (N-methyl/N-ethyl adjacent to an activating group) is 1. The van der Waals surface area contributed by atoms with Crippen LogP contribution in [0.2, 0.25) is 5.02 Å². The van der Waals surface area contributed by atoms with E-state index in [0.29, 0.717) is 23.2 Å². The summed E-state index contributed by atoms with van der Waals surface area (Å²) < 4.78 is 0. The molecule has 1 aromatic carbocycles. The van der Waals surface area contributed by atoms with Gasteiger partial charge in [0.1, 0.15) is 0 Å². The number of aliphatic hydroxyl groups is 1. The first kappa shape index (κ1) is 14.2. The van der Waals surface area contributed by atoms with Crippen molar-refractivity contribution in [3.63, 3.8) is 0 Å². The van der Waals surface area contributed by atoms with Gasteiger partial charge in [-0.15, -0.1) is 0 Å². The fourth-order valence-electron chi connectivity index (χ4n) is 1.90. The Kier molecular flexibility index (Phi) is 4.32. The van der Waals surface area contributed by atoms with Crippen LogP contribution < -0.4 is 10.2 Å². The number of nitrogens with one attached hydrogen (secondary N) is 1. The molecule has 2 N–H and O–H groups in total. The van der Waals surface area contributed by atoms with Gasteiger partial charge >= 0.3 is 0 Å². The van der Waals surface area contributed by atoms with Crippen LogP contribution in [-0.4, -0.2) is 30.6 Å². The number of amides is 1. The van der Waals surface area contributed by atoms with Crippen LogP contribution >= 0.6 is 11.6 Å². The highest BCUT2D eigenvalue weighted by molar-refractivity contribution is 6.31. The summed E-state index contributed by atoms with van der Waals surface area (Å²) in [5, 5.41) is 13.0. The number of nitrogens with zero attached hydrogens (tertiary/aromatic N) is 1. The third-order valence-corrected chi connectivity index (χ3v) is 3.53. The lowest BCUT2D eigenvalue weighted by Gasteiger charge is -2.20. The molecule has 1 atom stereocenters. The monoisotopic (exact) mass is 282 g/mol. The topological polar surface area (TPSA) is 52.6 Å². The van der Waals surface area contributed by atoms with E-state index >= 15 is 0 Å². The van der Waals surface area contributed by atoms with E-state index in [4.69, 9.17) is 11.6 Å². The normalized spacial score (nSPS) is 16.0. The van der Waals surface area contributed by atoms with E-state index in [9.17, 15) is 9.90 Å². The van der Waals surface area contributed by atoms with Gasteiger partial charge in [0.2, 0.25) is 5.91 Å². The molecule has 0 spiro atoms. The Morgan fingerprint density at radius 1 is 1.58 bits per heavy atom. The maximum Gasteiger partial charge on any atom is 0.239 e. The molecule has 0 saturated heterocycles. The number of hydrogen-bond acceptors (Lipinski definition) is 3. The average Bonchev–Trinajstić information content (AvgIpc) is 3.11. The summed E-state index contributed by atoms with van der Waals surface area (Å²) >= 11 is 6.11. The molecule has 19 heavy (non-hydrogen) atoms. The Balaban J connectivity index is 1.99. The Bertz CT molecular complexity index is 473. The number of benzene rings is 1. The van der Waals surface area contributed by atoms with Gasteiger partial charge in [-0.3, -0.25) is 4.79 Å². The number of rotatable bonds is 5. The van der Waals surface area contributed by atoms with Crippen molar-refractivity contribution in [2.45, 2.75) is 31.9 Å². The molecule has 4 nitrogen and oxygen atoms in total. The van der Waals surface area contributed by atoms with Crippen LogP contribution in [0.4, 0.5) is 5.69 Å². The zero-order chi connectivity index (χ0) is 14.0. The van der Waals surface area contributed by atoms with Crippen LogP contribution in [-0.2, 0) is 4.79 Å². The number of hydrogen-bond donors (Lipinski definition) is 2. The summed E-state index contributed by atoms with van der Waals surface area (Å²) in [6.07, 6.45) is 1.58. The zero-order valence-electron chi connectivity index (χ0n) is 11.2. The van der Waals surface area contributed by atoms with Gasteiger partial charge in [-0.2, -0.15) is 0 Å². The van der Waals surface area contributed by atoms with Crippen molar-refractivity contribution in [1.82, 2.24) is 5.32 Å². The lowest BCUT2D eigenvalue weighted by molar-refractivity contribution is -0.119. The van der Waals surface area contributed by atoms with Crippen LogP contribution in [0, 0.1) is 0 Å². The number of carbonyl (C=O) groups is 1. The molecule has 5 heteroatoms. The third-order valence-electron chi connectivity index (χ3n) is 3.20. The summed E-state index contributed by atoms with van der Waals surface area (Å²) in [5.74, 6) is 0.0284. The van der Waals surface area contributed by atoms with Gasteiger partial charge in [0.05, 0.1) is 12.6 Å². The molecule has 1 aliphatic rings. The molecule has 1 unspecified atom stereocenters. The predicted octanol–water partition coefficient (Wildman–Crippen LogP) is 2.11. The molecule has 1 saturated carbocycles. The van der Waals surface area contributed by atoms with Crippen molar-refractivity contribution in [1.29, 1.82) is 0 Å². The van der Waals surface area contributed by atoms with Gasteiger partial charge in [0.25, 0.3) is 0 Å². The van der Waals surface area contributed by atoms with E-state index in [1.54, 1.807) is 19.1 Å². The highest BCUT2D eigenvalue weighted by Gasteiger charge is 2.23. The average molecular weight is 283 g/mol. The standard InChI is InChI=1S/C14H19ClN2O2/c1-9(18)12-6-5-11(7-13(12)15)17(2)8-14(19)16-10-3-4-10/h5-7,9-10,18H,3-4,8H2,1-2H3,(H,16,19). The fourth-order valence-corrected chi connectivity index (χ4v) is 2.23. The van der Waals surface area contributed by atoms with Gasteiger partial charge in [-0.1, -0.05) is 17.7 Å². The Labute approximate surface area is 118 Å². The minimum Gasteiger partial charge on any atom is -0.389 e. The second kappa shape index (κ2) is 5.80. The van der Waals surface area contributed by atoms with E-state index < -0.39 is 6.10 Å². The first-order chi connectivity index (χ1) is 8.97. The molecule has 1 amide bonds. The Morgan fingerprint density at radius 3 is 2.79 bits per heavy atom. The zero-order valence-corrected chi connectivity index (χ0v) is 11.9. The molecule has 0 aliphatic heterocycles. The van der Waals surface area contributed by atoms with E-state index in [1.165, 1.54) is 0 Å². The van der Waals surface area contributed by atoms with E-state index in [1.807, 2.05) is 18.0 Å². The number of carbonyl (C=O) groups excluding carboxylic acids is 1. The van der Waals surface area contributed by atoms with Crippen molar-refractivity contribution >= 4 is 23.2 Å². The maximum absolute atomic E-state index is 11.7. The smallest absolute Gasteiger partial charge is 0.239 e. The number of anilines is 1. The molecule has 0 heterocycles. The van der Waals surface area contributed by atoms with Gasteiger partial charge in [0.15, 0.2) is 0 Å². The predicted molar refractivity (Wildman–Crippen MR) is 76.5 cm³/mol. The number of aliphatic hydroxyl groups excluding tert-OH is 1. The van der Waals surface area contributed by atoms with E-state index in [0.717, 1.165) is 18.5 Å². The van der Waals surface area contributed by atoms with Crippen LogP contribution in [0.3, 0.4) is 0 Å². The largest absolute Gasteiger partial charge is 0.389 e. The lowest BCUT2D eigenvalue weighted by Crippen LogP contribution is -2.36. The summed E-state index contributed by atoms with van der Waals surface area (Å²) in [4.78, 5) is 13.6. The molecule has 1 aromatic rings. The van der Waals surface area contributed by atoms with Crippen molar-refractivity contribution in [3.05, 3.63) is 28.8 Å². The van der Waals surface area contributed by atoms with Crippen molar-refractivity contribution in [2.75, 3.05) is 18.5 Å². The Hall–Kier alpha value is -1.26. The first-order valence-corrected chi connectivity index (χ1v) is 6.83. The molecule has 2 rings (SSSR count). The lowest BCUT2D eigenvalue weighted by atomic mass is 10.1. The van der Waals surface area contributed by atoms with E-state index in [2.05, 4.69) is 5.32 Å². The van der Waals surface area contributed by atoms with Crippen molar-refractivity contribution in [3.8, 4) is 0 Å². The van der Waals surface area contributed by atoms with Gasteiger partial charge in [-0.25, -0.2) is 0 Å². The van der Waals surface area contributed by atoms with Crippen molar-refractivity contribution < 1.29 is 9.90 Å². The minimum atomic E-state index is -0.593. The van der Waals surface area contributed by atoms with Crippen LogP contribution in [0.5, 0.6) is 0 Å². The number of halogens is 1. The Morgan fingerprint density at radius 2 is 2.26 bits per heavy atom. The van der Waals surface area contributed by atoms with E-state index in [-0.39, 0.29) is 5.91 Å². The SMILES string of the molecule is CC(O)c1ccc(N(C)CC(=O)NC2CC2)cc1Cl. The highest BCUT2D eigenvalue weighted by Crippen LogP contribution is 2.27. The van der Waals surface area contributed by atoms with Crippen LogP contribution in [0.15, 0.2) is 18.2 Å². The minimum absolute atomic E-state index is 0.0284. The maximum atomic E-state index is 11.7. The molecular weight excluding hydrogens is 264 g/mol. The molecule has 0 aromatic heterocycles. The van der Waals surface area contributed by atoms with Crippen LogP contribution in [0.1, 0.15) is 31.4 Å². The summed E-state index contributed by atoms with van der Waals surface area (Å²) in [5.41, 5.74) is 1.56. The second-order valence-corrected chi connectivity index (χ2v) is 5.49. The molecule has 104 valence electrons. The molecule has 0 bridgehead atoms. The third kappa shape index (κ3) is 3.85. The highest BCUT2D eigenvalue weighted by atomic mass is 35.5. The molecular formula is C14H19ClN2O2. The molecule has 1 aliphatic carbocycles. The van der Waals surface area contributed by atoms with Crippen molar-refractivity contribution in [2.24, 2.45) is 0 Å². The van der Waals surface area contributed by atoms with Gasteiger partial charge in [0, 0.05) is 23.8 Å². The summed E-state index contributed by atoms with van der Waals surface area (Å²) in [6.45, 7) is 1.98. The molecule has 1 fully saturated rings. The first-order valence-electron chi connectivity index (χ1n) is 6.45. The summed E-state index contributed by atoms with van der Waals surface area (Å²) in [7, 11) is 1.85. The van der Waals surface area contributed by atoms with Gasteiger partial charge < -0.3 is 15.3 Å². The van der Waals surface area contributed by atoms with Gasteiger partial charge in [-0.05, 0) is 37.5 Å².